The number of amides is 5. The minimum atomic E-state index is -0.779. The monoisotopic (exact) mass is 503 g/mol. The van der Waals surface area contributed by atoms with Crippen LogP contribution in [0.25, 0.3) is 0 Å². The van der Waals surface area contributed by atoms with E-state index in [9.17, 15) is 19.6 Å². The maximum absolute atomic E-state index is 13.4. The second kappa shape index (κ2) is 7.80. The average Bonchev–Trinajstić information content (AvgIpc) is 3.41. The van der Waals surface area contributed by atoms with Gasteiger partial charge in [0.15, 0.2) is 0 Å². The largest absolute Gasteiger partial charge is 0.332 e. The molecular formula is C22H16Cl3N5O3. The lowest BCUT2D eigenvalue weighted by Gasteiger charge is -2.34. The molecule has 0 saturated carbocycles. The minimum Gasteiger partial charge on any atom is -0.317 e. The van der Waals surface area contributed by atoms with E-state index in [1.54, 1.807) is 41.0 Å². The highest BCUT2D eigenvalue weighted by molar-refractivity contribution is 6.35. The smallest absolute Gasteiger partial charge is 0.317 e. The van der Waals surface area contributed by atoms with Crippen LogP contribution in [0.5, 0.6) is 0 Å². The number of fused-ring (bicyclic) bond motifs is 5. The molecule has 11 heteroatoms. The lowest BCUT2D eigenvalue weighted by Crippen LogP contribution is -2.55. The first-order chi connectivity index (χ1) is 15.7. The summed E-state index contributed by atoms with van der Waals surface area (Å²) in [7, 11) is 0. The van der Waals surface area contributed by atoms with Gasteiger partial charge in [-0.05, 0) is 49.2 Å². The Morgan fingerprint density at radius 1 is 1.15 bits per heavy atom. The van der Waals surface area contributed by atoms with E-state index in [4.69, 9.17) is 34.8 Å². The molecule has 3 aliphatic rings. The van der Waals surface area contributed by atoms with Crippen LogP contribution >= 0.6 is 34.8 Å². The van der Waals surface area contributed by atoms with Gasteiger partial charge in [-0.1, -0.05) is 34.8 Å². The number of halogens is 3. The number of carbonyl (C=O) groups excluding carboxylic acids is 3. The second-order valence-electron chi connectivity index (χ2n) is 8.19. The lowest BCUT2D eigenvalue weighted by molar-refractivity contribution is -0.120. The highest BCUT2D eigenvalue weighted by Gasteiger charge is 2.63. The Bertz CT molecular complexity index is 1260. The minimum absolute atomic E-state index is 0.201. The van der Waals surface area contributed by atoms with Crippen molar-refractivity contribution in [2.45, 2.75) is 31.5 Å². The number of nitrogens with one attached hydrogen (secondary N) is 1. The first kappa shape index (κ1) is 21.8. The van der Waals surface area contributed by atoms with Gasteiger partial charge in [-0.15, -0.1) is 0 Å². The summed E-state index contributed by atoms with van der Waals surface area (Å²) in [6.07, 6.45) is 0.521. The van der Waals surface area contributed by atoms with Crippen molar-refractivity contribution in [2.24, 2.45) is 0 Å². The molecule has 3 aliphatic heterocycles. The third-order valence-corrected chi connectivity index (χ3v) is 7.28. The molecule has 8 nitrogen and oxygen atoms in total. The number of hydrogen-bond acceptors (Lipinski definition) is 4. The number of urea groups is 2. The Balaban J connectivity index is 1.41. The fraction of sp³-hybridized carbons (Fsp3) is 0.273. The summed E-state index contributed by atoms with van der Waals surface area (Å²) in [5.74, 6) is -0.417. The van der Waals surface area contributed by atoms with Gasteiger partial charge in [-0.3, -0.25) is 4.79 Å². The van der Waals surface area contributed by atoms with E-state index in [-0.39, 0.29) is 16.6 Å². The molecule has 1 unspecified atom stereocenters. The van der Waals surface area contributed by atoms with Gasteiger partial charge in [0.25, 0.3) is 5.91 Å². The molecule has 2 aromatic carbocycles. The van der Waals surface area contributed by atoms with Crippen molar-refractivity contribution >= 4 is 64.1 Å². The standard InChI is InChI=1S/C22H16Cl3N5O3/c1-10-16(3-2-11(8-26)18(10)25)30-20(31)19-17-7-15(29(19)22(30)33)9-28(17)21(32)27-14-5-12(23)4-13(24)6-14/h2-6,15,17,19H,7,9H2,1H3,(H,27,32)/t15-,17?,19-/m1/s1. The molecule has 5 rings (SSSR count). The number of nitrogens with zero attached hydrogens (tertiary/aromatic N) is 4. The predicted octanol–water partition coefficient (Wildman–Crippen LogP) is 4.65. The Kier molecular flexibility index (Phi) is 5.16. The van der Waals surface area contributed by atoms with E-state index in [0.717, 1.165) is 4.90 Å². The van der Waals surface area contributed by atoms with Crippen LogP contribution < -0.4 is 10.2 Å². The Morgan fingerprint density at radius 2 is 1.85 bits per heavy atom. The number of likely N-dealkylation sites (tertiary alicyclic amines) is 1. The van der Waals surface area contributed by atoms with Gasteiger partial charge in [-0.25, -0.2) is 14.5 Å². The molecule has 0 aromatic heterocycles. The highest BCUT2D eigenvalue weighted by atomic mass is 35.5. The Morgan fingerprint density at radius 3 is 2.52 bits per heavy atom. The lowest BCUT2D eigenvalue weighted by atomic mass is 10.1. The van der Waals surface area contributed by atoms with Crippen molar-refractivity contribution in [1.29, 1.82) is 5.26 Å². The number of hydrogen-bond donors (Lipinski definition) is 1. The second-order valence-corrected chi connectivity index (χ2v) is 9.44. The molecule has 3 fully saturated rings. The van der Waals surface area contributed by atoms with Crippen LogP contribution in [0.4, 0.5) is 21.0 Å². The van der Waals surface area contributed by atoms with Gasteiger partial charge in [0.1, 0.15) is 12.1 Å². The molecule has 3 atom stereocenters. The number of anilines is 2. The molecule has 2 aromatic rings. The molecule has 1 N–H and O–H groups in total. The summed E-state index contributed by atoms with van der Waals surface area (Å²) in [6, 6.07) is 7.39. The van der Waals surface area contributed by atoms with Gasteiger partial charge in [0.2, 0.25) is 0 Å². The highest BCUT2D eigenvalue weighted by Crippen LogP contribution is 2.43. The zero-order chi connectivity index (χ0) is 23.6. The third kappa shape index (κ3) is 3.31. The maximum atomic E-state index is 13.4. The number of benzene rings is 2. The van der Waals surface area contributed by atoms with Crippen LogP contribution in [0.2, 0.25) is 15.1 Å². The van der Waals surface area contributed by atoms with Crippen LogP contribution in [0.1, 0.15) is 17.5 Å². The summed E-state index contributed by atoms with van der Waals surface area (Å²) in [5, 5.41) is 12.9. The van der Waals surface area contributed by atoms with E-state index >= 15 is 0 Å². The number of piperazine rings is 1. The van der Waals surface area contributed by atoms with Gasteiger partial charge >= 0.3 is 12.1 Å². The van der Waals surface area contributed by atoms with Crippen LogP contribution in [-0.2, 0) is 4.79 Å². The summed E-state index contributed by atoms with van der Waals surface area (Å²) in [5.41, 5.74) is 1.52. The van der Waals surface area contributed by atoms with Crippen LogP contribution in [0.15, 0.2) is 30.3 Å². The molecular weight excluding hydrogens is 489 g/mol. The van der Waals surface area contributed by atoms with Crippen molar-refractivity contribution in [3.8, 4) is 6.07 Å². The number of imide groups is 1. The molecule has 168 valence electrons. The Labute approximate surface area is 204 Å². The molecule has 0 aliphatic carbocycles. The average molecular weight is 505 g/mol. The van der Waals surface area contributed by atoms with Gasteiger partial charge in [-0.2, -0.15) is 5.26 Å². The fourth-order valence-electron chi connectivity index (χ4n) is 4.94. The molecule has 5 amide bonds. The number of rotatable bonds is 2. The van der Waals surface area contributed by atoms with Crippen molar-refractivity contribution in [2.75, 3.05) is 16.8 Å². The van der Waals surface area contributed by atoms with E-state index in [1.807, 2.05) is 6.07 Å². The zero-order valence-electron chi connectivity index (χ0n) is 17.2. The molecule has 0 spiro atoms. The molecule has 0 radical (unpaired) electrons. The summed E-state index contributed by atoms with van der Waals surface area (Å²) in [6.45, 7) is 1.97. The van der Waals surface area contributed by atoms with Crippen molar-refractivity contribution < 1.29 is 14.4 Å². The number of nitriles is 1. The van der Waals surface area contributed by atoms with Crippen LogP contribution in [0.3, 0.4) is 0 Å². The van der Waals surface area contributed by atoms with Gasteiger partial charge in [0, 0.05) is 22.3 Å². The topological polar surface area (TPSA) is 96.8 Å². The SMILES string of the molecule is Cc1c(N2C(=O)[C@H]3C4C[C@H](CN4C(=O)Nc4cc(Cl)cc(Cl)c4)N3C2=O)ccc(C#N)c1Cl. The first-order valence-electron chi connectivity index (χ1n) is 10.1. The molecule has 3 heterocycles. The molecule has 3 saturated heterocycles. The quantitative estimate of drug-likeness (QED) is 0.602. The van der Waals surface area contributed by atoms with Crippen molar-refractivity contribution in [3.63, 3.8) is 0 Å². The van der Waals surface area contributed by atoms with Crippen molar-refractivity contribution in [1.82, 2.24) is 9.80 Å². The zero-order valence-corrected chi connectivity index (χ0v) is 19.4. The summed E-state index contributed by atoms with van der Waals surface area (Å²) in [4.78, 5) is 43.8. The summed E-state index contributed by atoms with van der Waals surface area (Å²) >= 11 is 18.3. The van der Waals surface area contributed by atoms with Crippen molar-refractivity contribution in [3.05, 3.63) is 56.5 Å². The molecule has 33 heavy (non-hydrogen) atoms. The normalized spacial score (nSPS) is 23.2. The maximum Gasteiger partial charge on any atom is 0.332 e. The molecule has 2 bridgehead atoms. The fourth-order valence-corrected chi connectivity index (χ4v) is 5.67. The number of carbonyl (C=O) groups is 3. The van der Waals surface area contributed by atoms with Crippen LogP contribution in [0, 0.1) is 18.3 Å². The van der Waals surface area contributed by atoms with Crippen LogP contribution in [-0.4, -0.2) is 52.4 Å². The Hall–Kier alpha value is -2.99. The third-order valence-electron chi connectivity index (χ3n) is 6.36. The van der Waals surface area contributed by atoms with E-state index in [1.165, 1.54) is 6.07 Å². The predicted molar refractivity (Wildman–Crippen MR) is 124 cm³/mol. The van der Waals surface area contributed by atoms with E-state index in [2.05, 4.69) is 5.32 Å². The summed E-state index contributed by atoms with van der Waals surface area (Å²) < 4.78 is 0. The van der Waals surface area contributed by atoms with Gasteiger partial charge < -0.3 is 15.1 Å². The first-order valence-corrected chi connectivity index (χ1v) is 11.2. The van der Waals surface area contributed by atoms with E-state index in [0.29, 0.717) is 39.9 Å². The van der Waals surface area contributed by atoms with Gasteiger partial charge in [0.05, 0.1) is 28.4 Å². The van der Waals surface area contributed by atoms with E-state index < -0.39 is 30.1 Å².